The molecule has 1 N–H and O–H groups in total. The Labute approximate surface area is 116 Å². The molecule has 3 unspecified atom stereocenters. The highest BCUT2D eigenvalue weighted by atomic mass is 16.5. The van der Waals surface area contributed by atoms with Gasteiger partial charge in [0.15, 0.2) is 0 Å². The Morgan fingerprint density at radius 3 is 2.89 bits per heavy atom. The number of pyridine rings is 1. The number of nitrogens with zero attached hydrogens (tertiary/aromatic N) is 1. The van der Waals surface area contributed by atoms with Crippen LogP contribution in [-0.2, 0) is 6.61 Å². The van der Waals surface area contributed by atoms with E-state index in [-0.39, 0.29) is 12.7 Å². The highest BCUT2D eigenvalue weighted by molar-refractivity contribution is 5.20. The molecule has 3 nitrogen and oxygen atoms in total. The van der Waals surface area contributed by atoms with E-state index in [1.54, 1.807) is 6.20 Å². The first-order valence-corrected chi connectivity index (χ1v) is 7.32. The lowest BCUT2D eigenvalue weighted by Gasteiger charge is -2.37. The van der Waals surface area contributed by atoms with Crippen molar-refractivity contribution < 1.29 is 9.84 Å². The number of aromatic nitrogens is 1. The Bertz CT molecular complexity index is 405. The van der Waals surface area contributed by atoms with Gasteiger partial charge in [0.1, 0.15) is 6.10 Å². The Morgan fingerprint density at radius 1 is 1.42 bits per heavy atom. The smallest absolute Gasteiger partial charge is 0.213 e. The van der Waals surface area contributed by atoms with Crippen molar-refractivity contribution in [2.45, 2.75) is 52.7 Å². The van der Waals surface area contributed by atoms with E-state index in [9.17, 15) is 0 Å². The van der Waals surface area contributed by atoms with Gasteiger partial charge in [0.25, 0.3) is 0 Å². The molecule has 0 aromatic carbocycles. The highest BCUT2D eigenvalue weighted by Gasteiger charge is 2.32. The zero-order valence-electron chi connectivity index (χ0n) is 12.2. The summed E-state index contributed by atoms with van der Waals surface area (Å²) in [6, 6.07) is 3.66. The van der Waals surface area contributed by atoms with Crippen LogP contribution in [0, 0.1) is 17.8 Å². The zero-order chi connectivity index (χ0) is 13.8. The Morgan fingerprint density at radius 2 is 2.21 bits per heavy atom. The Balaban J connectivity index is 2.09. The molecule has 0 amide bonds. The molecule has 1 aliphatic rings. The van der Waals surface area contributed by atoms with Crippen LogP contribution < -0.4 is 4.74 Å². The molecule has 19 heavy (non-hydrogen) atoms. The van der Waals surface area contributed by atoms with Crippen molar-refractivity contribution in [1.29, 1.82) is 0 Å². The molecule has 1 aromatic rings. The van der Waals surface area contributed by atoms with E-state index >= 15 is 0 Å². The van der Waals surface area contributed by atoms with Crippen molar-refractivity contribution in [3.63, 3.8) is 0 Å². The van der Waals surface area contributed by atoms with E-state index in [4.69, 9.17) is 9.84 Å². The van der Waals surface area contributed by atoms with Crippen LogP contribution in [0.5, 0.6) is 5.88 Å². The van der Waals surface area contributed by atoms with E-state index in [0.717, 1.165) is 17.9 Å². The van der Waals surface area contributed by atoms with Crippen LogP contribution in [-0.4, -0.2) is 16.2 Å². The number of hydrogen-bond acceptors (Lipinski definition) is 3. The van der Waals surface area contributed by atoms with Gasteiger partial charge in [-0.3, -0.25) is 0 Å². The molecule has 0 radical (unpaired) electrons. The largest absolute Gasteiger partial charge is 0.474 e. The third-order valence-corrected chi connectivity index (χ3v) is 4.22. The van der Waals surface area contributed by atoms with Crippen LogP contribution in [0.1, 0.15) is 45.6 Å². The third kappa shape index (κ3) is 3.69. The SMILES string of the molecule is CC1CCC(C(C)C)C(Oc2cc(CO)ccn2)C1. The van der Waals surface area contributed by atoms with Crippen molar-refractivity contribution in [2.24, 2.45) is 17.8 Å². The second-order valence-electron chi connectivity index (χ2n) is 6.14. The van der Waals surface area contributed by atoms with Crippen LogP contribution in [0.25, 0.3) is 0 Å². The molecule has 1 fully saturated rings. The minimum absolute atomic E-state index is 0.0353. The van der Waals surface area contributed by atoms with Crippen molar-refractivity contribution in [3.05, 3.63) is 23.9 Å². The molecule has 0 saturated heterocycles. The topological polar surface area (TPSA) is 42.4 Å². The fourth-order valence-electron chi connectivity index (χ4n) is 3.02. The first-order chi connectivity index (χ1) is 9.10. The lowest BCUT2D eigenvalue weighted by Crippen LogP contribution is -2.36. The van der Waals surface area contributed by atoms with Gasteiger partial charge in [-0.15, -0.1) is 0 Å². The van der Waals surface area contributed by atoms with Crippen molar-refractivity contribution in [1.82, 2.24) is 4.98 Å². The average molecular weight is 263 g/mol. The second kappa shape index (κ2) is 6.38. The van der Waals surface area contributed by atoms with Gasteiger partial charge in [-0.1, -0.05) is 27.2 Å². The molecule has 0 spiro atoms. The quantitative estimate of drug-likeness (QED) is 0.905. The Hall–Kier alpha value is -1.09. The zero-order valence-corrected chi connectivity index (χ0v) is 12.2. The van der Waals surface area contributed by atoms with Crippen LogP contribution in [0.15, 0.2) is 18.3 Å². The van der Waals surface area contributed by atoms with E-state index in [1.165, 1.54) is 12.8 Å². The highest BCUT2D eigenvalue weighted by Crippen LogP contribution is 2.35. The maximum absolute atomic E-state index is 9.17. The summed E-state index contributed by atoms with van der Waals surface area (Å²) >= 11 is 0. The molecule has 0 bridgehead atoms. The number of rotatable bonds is 4. The van der Waals surface area contributed by atoms with E-state index in [2.05, 4.69) is 25.8 Å². The van der Waals surface area contributed by atoms with E-state index in [0.29, 0.717) is 17.7 Å². The molecule has 1 aromatic heterocycles. The van der Waals surface area contributed by atoms with Gasteiger partial charge in [-0.2, -0.15) is 0 Å². The summed E-state index contributed by atoms with van der Waals surface area (Å²) in [6.45, 7) is 6.88. The van der Waals surface area contributed by atoms with Gasteiger partial charge in [0.2, 0.25) is 5.88 Å². The number of hydrogen-bond donors (Lipinski definition) is 1. The number of ether oxygens (including phenoxy) is 1. The van der Waals surface area contributed by atoms with Crippen molar-refractivity contribution >= 4 is 0 Å². The second-order valence-corrected chi connectivity index (χ2v) is 6.14. The lowest BCUT2D eigenvalue weighted by atomic mass is 9.75. The van der Waals surface area contributed by atoms with E-state index in [1.807, 2.05) is 12.1 Å². The van der Waals surface area contributed by atoms with Gasteiger partial charge in [0.05, 0.1) is 6.61 Å². The molecular formula is C16H25NO2. The molecule has 106 valence electrons. The molecule has 0 aliphatic heterocycles. The molecule has 3 atom stereocenters. The van der Waals surface area contributed by atoms with Crippen LogP contribution >= 0.6 is 0 Å². The summed E-state index contributed by atoms with van der Waals surface area (Å²) in [6.07, 6.45) is 5.60. The normalized spacial score (nSPS) is 27.5. The summed E-state index contributed by atoms with van der Waals surface area (Å²) in [5, 5.41) is 9.17. The first kappa shape index (κ1) is 14.3. The van der Waals surface area contributed by atoms with Gasteiger partial charge in [-0.25, -0.2) is 4.98 Å². The number of aliphatic hydroxyl groups excluding tert-OH is 1. The summed E-state index contributed by atoms with van der Waals surface area (Å²) in [7, 11) is 0. The van der Waals surface area contributed by atoms with Gasteiger partial charge in [0, 0.05) is 12.3 Å². The summed E-state index contributed by atoms with van der Waals surface area (Å²) in [5.41, 5.74) is 0.856. The first-order valence-electron chi connectivity index (χ1n) is 7.32. The molecule has 1 heterocycles. The standard InChI is InChI=1S/C16H25NO2/c1-11(2)14-5-4-12(3)8-15(14)19-16-9-13(10-18)6-7-17-16/h6-7,9,11-12,14-15,18H,4-5,8,10H2,1-3H3. The summed E-state index contributed by atoms with van der Waals surface area (Å²) in [5.74, 6) is 2.62. The predicted molar refractivity (Wildman–Crippen MR) is 75.9 cm³/mol. The van der Waals surface area contributed by atoms with Crippen molar-refractivity contribution in [2.75, 3.05) is 0 Å². The molecule has 3 heteroatoms. The van der Waals surface area contributed by atoms with Gasteiger partial charge >= 0.3 is 0 Å². The fourth-order valence-corrected chi connectivity index (χ4v) is 3.02. The number of aliphatic hydroxyl groups is 1. The maximum Gasteiger partial charge on any atom is 0.213 e. The molecule has 2 rings (SSSR count). The minimum Gasteiger partial charge on any atom is -0.474 e. The third-order valence-electron chi connectivity index (χ3n) is 4.22. The minimum atomic E-state index is 0.0353. The molecule has 1 aliphatic carbocycles. The van der Waals surface area contributed by atoms with Crippen LogP contribution in [0.2, 0.25) is 0 Å². The lowest BCUT2D eigenvalue weighted by molar-refractivity contribution is 0.0425. The average Bonchev–Trinajstić information content (AvgIpc) is 2.38. The van der Waals surface area contributed by atoms with Crippen molar-refractivity contribution in [3.8, 4) is 5.88 Å². The Kier molecular flexibility index (Phi) is 4.81. The van der Waals surface area contributed by atoms with Crippen LogP contribution in [0.3, 0.4) is 0 Å². The van der Waals surface area contributed by atoms with Gasteiger partial charge < -0.3 is 9.84 Å². The van der Waals surface area contributed by atoms with Gasteiger partial charge in [-0.05, 0) is 42.2 Å². The molecular weight excluding hydrogens is 238 g/mol. The monoisotopic (exact) mass is 263 g/mol. The summed E-state index contributed by atoms with van der Waals surface area (Å²) < 4.78 is 6.12. The maximum atomic E-state index is 9.17. The fraction of sp³-hybridized carbons (Fsp3) is 0.688. The summed E-state index contributed by atoms with van der Waals surface area (Å²) in [4.78, 5) is 4.27. The predicted octanol–water partition coefficient (Wildman–Crippen LogP) is 3.41. The molecule has 1 saturated carbocycles. The van der Waals surface area contributed by atoms with E-state index < -0.39 is 0 Å². The van der Waals surface area contributed by atoms with Crippen LogP contribution in [0.4, 0.5) is 0 Å².